The number of aromatic amines is 1. The summed E-state index contributed by atoms with van der Waals surface area (Å²) in [5, 5.41) is 7.01. The maximum absolute atomic E-state index is 3.99. The summed E-state index contributed by atoms with van der Waals surface area (Å²) in [7, 11) is 0. The summed E-state index contributed by atoms with van der Waals surface area (Å²) in [4.78, 5) is 4.76. The van der Waals surface area contributed by atoms with Crippen molar-refractivity contribution in [2.45, 2.75) is 0 Å². The van der Waals surface area contributed by atoms with Gasteiger partial charge in [-0.1, -0.05) is 18.2 Å². The second kappa shape index (κ2) is 4.49. The fraction of sp³-hybridized carbons (Fsp3) is 0.308. The minimum absolute atomic E-state index is 1.04. The van der Waals surface area contributed by atoms with Crippen LogP contribution >= 0.6 is 0 Å². The second-order valence-electron chi connectivity index (χ2n) is 4.25. The molecular formula is C13H16N4. The molecule has 1 fully saturated rings. The van der Waals surface area contributed by atoms with Crippen molar-refractivity contribution >= 4 is 11.5 Å². The molecule has 0 saturated carbocycles. The topological polar surface area (TPSA) is 35.2 Å². The highest BCUT2D eigenvalue weighted by molar-refractivity contribution is 5.48. The molecule has 17 heavy (non-hydrogen) atoms. The van der Waals surface area contributed by atoms with Crippen molar-refractivity contribution in [3.63, 3.8) is 0 Å². The first-order valence-electron chi connectivity index (χ1n) is 5.98. The summed E-state index contributed by atoms with van der Waals surface area (Å²) >= 11 is 0. The molecule has 1 saturated heterocycles. The maximum atomic E-state index is 3.99. The first-order valence-corrected chi connectivity index (χ1v) is 5.98. The summed E-state index contributed by atoms with van der Waals surface area (Å²) in [6.07, 6.45) is 1.80. The molecule has 0 bridgehead atoms. The van der Waals surface area contributed by atoms with Gasteiger partial charge in [0.1, 0.15) is 5.82 Å². The van der Waals surface area contributed by atoms with E-state index in [9.17, 15) is 0 Å². The molecule has 3 rings (SSSR count). The van der Waals surface area contributed by atoms with Crippen LogP contribution in [-0.4, -0.2) is 36.4 Å². The molecule has 0 spiro atoms. The molecule has 1 N–H and O–H groups in total. The molecule has 88 valence electrons. The highest BCUT2D eigenvalue weighted by Gasteiger charge is 2.17. The van der Waals surface area contributed by atoms with Crippen LogP contribution in [0.3, 0.4) is 0 Å². The van der Waals surface area contributed by atoms with E-state index >= 15 is 0 Å². The van der Waals surface area contributed by atoms with E-state index in [2.05, 4.69) is 50.3 Å². The Hall–Kier alpha value is -1.97. The van der Waals surface area contributed by atoms with Gasteiger partial charge in [-0.15, -0.1) is 0 Å². The Labute approximate surface area is 101 Å². The van der Waals surface area contributed by atoms with E-state index in [1.54, 1.807) is 6.20 Å². The smallest absolute Gasteiger partial charge is 0.124 e. The average molecular weight is 228 g/mol. The molecule has 1 aliphatic heterocycles. The molecule has 4 heteroatoms. The Kier molecular flexibility index (Phi) is 2.69. The monoisotopic (exact) mass is 228 g/mol. The third-order valence-corrected chi connectivity index (χ3v) is 3.23. The zero-order chi connectivity index (χ0) is 11.5. The van der Waals surface area contributed by atoms with Gasteiger partial charge in [-0.25, -0.2) is 0 Å². The number of nitrogens with zero attached hydrogens (tertiary/aromatic N) is 3. The van der Waals surface area contributed by atoms with Gasteiger partial charge in [-0.3, -0.25) is 5.10 Å². The van der Waals surface area contributed by atoms with E-state index < -0.39 is 0 Å². The van der Waals surface area contributed by atoms with Gasteiger partial charge in [0.05, 0.1) is 6.20 Å². The van der Waals surface area contributed by atoms with E-state index in [4.69, 9.17) is 0 Å². The van der Waals surface area contributed by atoms with Crippen molar-refractivity contribution in [1.82, 2.24) is 10.2 Å². The number of benzene rings is 1. The Bertz CT molecular complexity index is 444. The highest BCUT2D eigenvalue weighted by Crippen LogP contribution is 2.18. The van der Waals surface area contributed by atoms with Crippen molar-refractivity contribution in [1.29, 1.82) is 0 Å². The van der Waals surface area contributed by atoms with Gasteiger partial charge in [-0.2, -0.15) is 5.10 Å². The van der Waals surface area contributed by atoms with Crippen LogP contribution in [0.15, 0.2) is 42.6 Å². The fourth-order valence-electron chi connectivity index (χ4n) is 2.27. The Morgan fingerprint density at radius 2 is 1.59 bits per heavy atom. The van der Waals surface area contributed by atoms with Gasteiger partial charge in [0, 0.05) is 37.9 Å². The molecule has 2 heterocycles. The average Bonchev–Trinajstić information content (AvgIpc) is 2.94. The number of rotatable bonds is 2. The number of nitrogens with one attached hydrogen (secondary N) is 1. The van der Waals surface area contributed by atoms with Crippen LogP contribution in [0, 0.1) is 0 Å². The van der Waals surface area contributed by atoms with Gasteiger partial charge in [0.15, 0.2) is 0 Å². The number of hydrogen-bond donors (Lipinski definition) is 1. The standard InChI is InChI=1S/C13H16N4/c1-2-4-12(5-3-1)16-8-10-17(11-9-16)13-6-7-14-15-13/h1-7H,8-11H2,(H,14,15). The normalized spacial score (nSPS) is 16.2. The van der Waals surface area contributed by atoms with Crippen LogP contribution in [0.5, 0.6) is 0 Å². The molecule has 0 radical (unpaired) electrons. The molecule has 0 amide bonds. The molecule has 0 aliphatic carbocycles. The molecular weight excluding hydrogens is 212 g/mol. The summed E-state index contributed by atoms with van der Waals surface area (Å²) in [5.41, 5.74) is 1.32. The van der Waals surface area contributed by atoms with Crippen LogP contribution in [0.1, 0.15) is 0 Å². The predicted octanol–water partition coefficient (Wildman–Crippen LogP) is 1.74. The van der Waals surface area contributed by atoms with Gasteiger partial charge < -0.3 is 9.80 Å². The van der Waals surface area contributed by atoms with E-state index in [1.165, 1.54) is 5.69 Å². The highest BCUT2D eigenvalue weighted by atomic mass is 15.3. The van der Waals surface area contributed by atoms with Gasteiger partial charge >= 0.3 is 0 Å². The minimum Gasteiger partial charge on any atom is -0.368 e. The molecule has 1 aromatic heterocycles. The van der Waals surface area contributed by atoms with E-state index in [-0.39, 0.29) is 0 Å². The van der Waals surface area contributed by atoms with Crippen LogP contribution < -0.4 is 9.80 Å². The van der Waals surface area contributed by atoms with Crippen LogP contribution in [0.25, 0.3) is 0 Å². The van der Waals surface area contributed by atoms with E-state index in [0.29, 0.717) is 0 Å². The molecule has 1 aliphatic rings. The van der Waals surface area contributed by atoms with Crippen LogP contribution in [-0.2, 0) is 0 Å². The van der Waals surface area contributed by atoms with Crippen LogP contribution in [0.4, 0.5) is 11.5 Å². The van der Waals surface area contributed by atoms with Crippen molar-refractivity contribution in [3.8, 4) is 0 Å². The second-order valence-corrected chi connectivity index (χ2v) is 4.25. The lowest BCUT2D eigenvalue weighted by Gasteiger charge is -2.36. The quantitative estimate of drug-likeness (QED) is 0.850. The summed E-state index contributed by atoms with van der Waals surface area (Å²) in [6.45, 7) is 4.19. The van der Waals surface area contributed by atoms with Crippen molar-refractivity contribution in [3.05, 3.63) is 42.6 Å². The SMILES string of the molecule is c1ccc(N2CCN(c3ccn[nH]3)CC2)cc1. The lowest BCUT2D eigenvalue weighted by molar-refractivity contribution is 0.646. The van der Waals surface area contributed by atoms with E-state index in [0.717, 1.165) is 32.0 Å². The molecule has 1 aromatic carbocycles. The molecule has 0 unspecified atom stereocenters. The molecule has 0 atom stereocenters. The lowest BCUT2D eigenvalue weighted by atomic mass is 10.2. The zero-order valence-electron chi connectivity index (χ0n) is 9.71. The largest absolute Gasteiger partial charge is 0.368 e. The van der Waals surface area contributed by atoms with Gasteiger partial charge in [-0.05, 0) is 12.1 Å². The Morgan fingerprint density at radius 1 is 0.882 bits per heavy atom. The zero-order valence-corrected chi connectivity index (χ0v) is 9.71. The maximum Gasteiger partial charge on any atom is 0.124 e. The number of aromatic nitrogens is 2. The number of para-hydroxylation sites is 1. The van der Waals surface area contributed by atoms with Crippen molar-refractivity contribution < 1.29 is 0 Å². The predicted molar refractivity (Wildman–Crippen MR) is 69.5 cm³/mol. The first kappa shape index (κ1) is 10.2. The third-order valence-electron chi connectivity index (χ3n) is 3.23. The number of anilines is 2. The Balaban J connectivity index is 1.65. The lowest BCUT2D eigenvalue weighted by Crippen LogP contribution is -2.46. The van der Waals surface area contributed by atoms with E-state index in [1.807, 2.05) is 6.07 Å². The molecule has 4 nitrogen and oxygen atoms in total. The molecule has 2 aromatic rings. The summed E-state index contributed by atoms with van der Waals surface area (Å²) in [5.74, 6) is 1.12. The summed E-state index contributed by atoms with van der Waals surface area (Å²) in [6, 6.07) is 12.6. The number of H-pyrrole nitrogens is 1. The Morgan fingerprint density at radius 3 is 2.24 bits per heavy atom. The number of piperazine rings is 1. The van der Waals surface area contributed by atoms with Gasteiger partial charge in [0.2, 0.25) is 0 Å². The van der Waals surface area contributed by atoms with Crippen LogP contribution in [0.2, 0.25) is 0 Å². The van der Waals surface area contributed by atoms with Crippen molar-refractivity contribution in [2.75, 3.05) is 36.0 Å². The van der Waals surface area contributed by atoms with Crippen molar-refractivity contribution in [2.24, 2.45) is 0 Å². The number of hydrogen-bond acceptors (Lipinski definition) is 3. The van der Waals surface area contributed by atoms with Gasteiger partial charge in [0.25, 0.3) is 0 Å². The minimum atomic E-state index is 1.04. The first-order chi connectivity index (χ1) is 8.43. The fourth-order valence-corrected chi connectivity index (χ4v) is 2.27. The summed E-state index contributed by atoms with van der Waals surface area (Å²) < 4.78 is 0. The third kappa shape index (κ3) is 2.11.